The number of carbonyl (C=O) groups is 3. The van der Waals surface area contributed by atoms with Crippen LogP contribution in [-0.2, 0) is 16.0 Å². The minimum Gasteiger partial charge on any atom is -0.454 e. The van der Waals surface area contributed by atoms with E-state index in [0.29, 0.717) is 11.5 Å². The topological polar surface area (TPSA) is 97.0 Å². The van der Waals surface area contributed by atoms with Gasteiger partial charge in [-0.05, 0) is 31.5 Å². The van der Waals surface area contributed by atoms with Crippen LogP contribution < -0.4 is 20.1 Å². The number of benzene rings is 1. The number of hydrogen-bond acceptors (Lipinski definition) is 5. The summed E-state index contributed by atoms with van der Waals surface area (Å²) in [5, 5.41) is 5.14. The fourth-order valence-electron chi connectivity index (χ4n) is 2.96. The van der Waals surface area contributed by atoms with E-state index in [9.17, 15) is 14.4 Å². The van der Waals surface area contributed by atoms with Gasteiger partial charge in [-0.15, -0.1) is 0 Å². The fraction of sp³-hybridized carbons (Fsp3) is 0.438. The molecule has 24 heavy (non-hydrogen) atoms. The Hall–Kier alpha value is -2.77. The molecule has 2 atom stereocenters. The lowest BCUT2D eigenvalue weighted by atomic mass is 9.92. The first-order valence-corrected chi connectivity index (χ1v) is 7.61. The number of hydrogen-bond donors (Lipinski definition) is 2. The van der Waals surface area contributed by atoms with Crippen LogP contribution in [0.15, 0.2) is 18.2 Å². The molecule has 0 radical (unpaired) electrons. The van der Waals surface area contributed by atoms with Crippen molar-refractivity contribution in [2.45, 2.75) is 31.8 Å². The van der Waals surface area contributed by atoms with Crippen molar-refractivity contribution in [2.24, 2.45) is 0 Å². The summed E-state index contributed by atoms with van der Waals surface area (Å²) < 4.78 is 10.6. The van der Waals surface area contributed by atoms with E-state index in [1.807, 2.05) is 6.07 Å². The standard InChI is InChI=1S/C16H19N3O5/c1-9(13(20)17-3)19-14(21)16(2,18-15(19)22)7-10-4-5-11-12(6-10)24-8-23-11/h4-6,9H,7-8H2,1-3H3,(H,17,20)(H,18,22). The summed E-state index contributed by atoms with van der Waals surface area (Å²) in [4.78, 5) is 37.7. The van der Waals surface area contributed by atoms with Gasteiger partial charge in [0.25, 0.3) is 5.91 Å². The van der Waals surface area contributed by atoms with Crippen molar-refractivity contribution in [3.05, 3.63) is 23.8 Å². The Balaban J connectivity index is 1.82. The summed E-state index contributed by atoms with van der Waals surface area (Å²) in [7, 11) is 1.46. The monoisotopic (exact) mass is 333 g/mol. The van der Waals surface area contributed by atoms with Crippen LogP contribution in [0.3, 0.4) is 0 Å². The van der Waals surface area contributed by atoms with Crippen molar-refractivity contribution in [1.82, 2.24) is 15.5 Å². The van der Waals surface area contributed by atoms with Gasteiger partial charge in [0, 0.05) is 13.5 Å². The Morgan fingerprint density at radius 3 is 2.79 bits per heavy atom. The zero-order valence-corrected chi connectivity index (χ0v) is 13.7. The Kier molecular flexibility index (Phi) is 3.82. The molecule has 2 unspecified atom stereocenters. The van der Waals surface area contributed by atoms with Gasteiger partial charge in [-0.1, -0.05) is 6.07 Å². The van der Waals surface area contributed by atoms with Gasteiger partial charge < -0.3 is 20.1 Å². The normalized spacial score (nSPS) is 23.2. The van der Waals surface area contributed by atoms with E-state index in [2.05, 4.69) is 10.6 Å². The second-order valence-electron chi connectivity index (χ2n) is 6.09. The van der Waals surface area contributed by atoms with E-state index >= 15 is 0 Å². The zero-order chi connectivity index (χ0) is 17.5. The van der Waals surface area contributed by atoms with Crippen molar-refractivity contribution in [3.63, 3.8) is 0 Å². The minimum absolute atomic E-state index is 0.170. The van der Waals surface area contributed by atoms with Crippen molar-refractivity contribution >= 4 is 17.8 Å². The molecule has 4 amide bonds. The number of imide groups is 1. The SMILES string of the molecule is CNC(=O)C(C)N1C(=O)NC(C)(Cc2ccc3c(c2)OCO3)C1=O. The van der Waals surface area contributed by atoms with Gasteiger partial charge in [0.05, 0.1) is 0 Å². The fourth-order valence-corrected chi connectivity index (χ4v) is 2.96. The molecule has 1 aromatic carbocycles. The maximum absolute atomic E-state index is 12.7. The molecular weight excluding hydrogens is 314 g/mol. The predicted octanol–water partition coefficient (Wildman–Crippen LogP) is 0.403. The van der Waals surface area contributed by atoms with Gasteiger partial charge in [0.1, 0.15) is 11.6 Å². The molecule has 2 aliphatic heterocycles. The third-order valence-electron chi connectivity index (χ3n) is 4.30. The molecule has 1 aromatic rings. The summed E-state index contributed by atoms with van der Waals surface area (Å²) >= 11 is 0. The van der Waals surface area contributed by atoms with E-state index in [1.165, 1.54) is 14.0 Å². The van der Waals surface area contributed by atoms with Crippen LogP contribution >= 0.6 is 0 Å². The highest BCUT2D eigenvalue weighted by Gasteiger charge is 2.50. The van der Waals surface area contributed by atoms with Crippen LogP contribution in [-0.4, -0.2) is 48.2 Å². The van der Waals surface area contributed by atoms with Crippen molar-refractivity contribution in [1.29, 1.82) is 0 Å². The Labute approximate surface area is 139 Å². The molecule has 0 spiro atoms. The summed E-state index contributed by atoms with van der Waals surface area (Å²) in [5.74, 6) is 0.441. The molecule has 128 valence electrons. The van der Waals surface area contributed by atoms with Gasteiger partial charge in [-0.2, -0.15) is 0 Å². The first-order valence-electron chi connectivity index (χ1n) is 7.61. The van der Waals surface area contributed by atoms with Crippen molar-refractivity contribution < 1.29 is 23.9 Å². The number of fused-ring (bicyclic) bond motifs is 1. The first-order chi connectivity index (χ1) is 11.4. The minimum atomic E-state index is -1.12. The average molecular weight is 333 g/mol. The highest BCUT2D eigenvalue weighted by atomic mass is 16.7. The van der Waals surface area contributed by atoms with E-state index in [1.54, 1.807) is 19.1 Å². The average Bonchev–Trinajstić information content (AvgIpc) is 3.08. The van der Waals surface area contributed by atoms with Crippen LogP contribution in [0.25, 0.3) is 0 Å². The molecule has 2 heterocycles. The molecule has 2 aliphatic rings. The maximum Gasteiger partial charge on any atom is 0.325 e. The molecule has 0 aliphatic carbocycles. The second kappa shape index (κ2) is 5.70. The largest absolute Gasteiger partial charge is 0.454 e. The summed E-state index contributed by atoms with van der Waals surface area (Å²) in [6.07, 6.45) is 0.283. The second-order valence-corrected chi connectivity index (χ2v) is 6.09. The van der Waals surface area contributed by atoms with Gasteiger partial charge in [-0.25, -0.2) is 9.69 Å². The molecule has 0 saturated carbocycles. The number of rotatable bonds is 4. The van der Waals surface area contributed by atoms with E-state index in [4.69, 9.17) is 9.47 Å². The molecule has 1 saturated heterocycles. The van der Waals surface area contributed by atoms with E-state index in [0.717, 1.165) is 10.5 Å². The number of amides is 4. The highest BCUT2D eigenvalue weighted by Crippen LogP contribution is 2.34. The lowest BCUT2D eigenvalue weighted by Crippen LogP contribution is -2.49. The summed E-state index contributed by atoms with van der Waals surface area (Å²) in [5.41, 5.74) is -0.294. The smallest absolute Gasteiger partial charge is 0.325 e. The van der Waals surface area contributed by atoms with Crippen LogP contribution in [0.4, 0.5) is 4.79 Å². The van der Waals surface area contributed by atoms with Gasteiger partial charge in [-0.3, -0.25) is 9.59 Å². The summed E-state index contributed by atoms with van der Waals surface area (Å²) in [6.45, 7) is 3.33. The molecule has 0 bridgehead atoms. The third-order valence-corrected chi connectivity index (χ3v) is 4.30. The Morgan fingerprint density at radius 1 is 1.38 bits per heavy atom. The lowest BCUT2D eigenvalue weighted by Gasteiger charge is -2.24. The Morgan fingerprint density at radius 2 is 2.08 bits per heavy atom. The molecule has 8 nitrogen and oxygen atoms in total. The molecule has 2 N–H and O–H groups in total. The van der Waals surface area contributed by atoms with Crippen LogP contribution in [0.1, 0.15) is 19.4 Å². The number of urea groups is 1. The predicted molar refractivity (Wildman–Crippen MR) is 83.6 cm³/mol. The third kappa shape index (κ3) is 2.53. The number of likely N-dealkylation sites (N-methyl/N-ethyl adjacent to an activating group) is 1. The number of ether oxygens (including phenoxy) is 2. The first kappa shape index (κ1) is 16.1. The lowest BCUT2D eigenvalue weighted by molar-refractivity contribution is -0.137. The summed E-state index contributed by atoms with van der Waals surface area (Å²) in [6, 6.07) is 3.94. The van der Waals surface area contributed by atoms with Crippen LogP contribution in [0.5, 0.6) is 11.5 Å². The molecular formula is C16H19N3O5. The van der Waals surface area contributed by atoms with Crippen LogP contribution in [0, 0.1) is 0 Å². The maximum atomic E-state index is 12.7. The molecule has 0 aromatic heterocycles. The van der Waals surface area contributed by atoms with E-state index < -0.39 is 29.4 Å². The van der Waals surface area contributed by atoms with Crippen molar-refractivity contribution in [3.8, 4) is 11.5 Å². The van der Waals surface area contributed by atoms with Gasteiger partial charge >= 0.3 is 6.03 Å². The number of nitrogens with one attached hydrogen (secondary N) is 2. The van der Waals surface area contributed by atoms with Crippen LogP contribution in [0.2, 0.25) is 0 Å². The van der Waals surface area contributed by atoms with E-state index in [-0.39, 0.29) is 13.2 Å². The molecule has 3 rings (SSSR count). The zero-order valence-electron chi connectivity index (χ0n) is 13.7. The van der Waals surface area contributed by atoms with Gasteiger partial charge in [0.15, 0.2) is 11.5 Å². The Bertz CT molecular complexity index is 720. The number of carbonyl (C=O) groups excluding carboxylic acids is 3. The highest BCUT2D eigenvalue weighted by molar-refractivity contribution is 6.09. The molecule has 8 heteroatoms. The van der Waals surface area contributed by atoms with Gasteiger partial charge in [0.2, 0.25) is 12.7 Å². The quantitative estimate of drug-likeness (QED) is 0.778. The molecule has 1 fully saturated rings. The number of nitrogens with zero attached hydrogens (tertiary/aromatic N) is 1. The van der Waals surface area contributed by atoms with Crippen molar-refractivity contribution in [2.75, 3.05) is 13.8 Å².